The number of aliphatic hydroxyl groups is 1. The van der Waals surface area contributed by atoms with E-state index in [9.17, 15) is 5.11 Å². The molecule has 2 aliphatic carbocycles. The number of rotatable bonds is 7. The quantitative estimate of drug-likeness (QED) is 0.390. The summed E-state index contributed by atoms with van der Waals surface area (Å²) in [7, 11) is -0.849. The second-order valence-electron chi connectivity index (χ2n) is 8.28. The third kappa shape index (κ3) is 4.97. The van der Waals surface area contributed by atoms with Crippen LogP contribution < -0.4 is 28.1 Å². The summed E-state index contributed by atoms with van der Waals surface area (Å²) in [6.45, 7) is 7.65. The van der Waals surface area contributed by atoms with Crippen molar-refractivity contribution in [2.45, 2.75) is 52.1 Å². The van der Waals surface area contributed by atoms with Crippen LogP contribution in [-0.2, 0) is 29.7 Å². The molecular weight excluding hydrogens is 506 g/mol. The summed E-state index contributed by atoms with van der Waals surface area (Å²) < 4.78 is 3.54. The fourth-order valence-corrected chi connectivity index (χ4v) is 13.1. The van der Waals surface area contributed by atoms with Crippen molar-refractivity contribution in [3.63, 3.8) is 0 Å². The fourth-order valence-electron chi connectivity index (χ4n) is 5.01. The Hall–Kier alpha value is -0.440. The molecule has 0 unspecified atom stereocenters. The summed E-state index contributed by atoms with van der Waals surface area (Å²) in [4.78, 5) is 0. The van der Waals surface area contributed by atoms with E-state index in [0.717, 1.165) is 19.3 Å². The predicted molar refractivity (Wildman–Crippen MR) is 118 cm³/mol. The van der Waals surface area contributed by atoms with E-state index in [1.807, 2.05) is 8.48 Å². The summed E-state index contributed by atoms with van der Waals surface area (Å²) in [5, 5.41) is 11.2. The molecule has 0 spiro atoms. The molecule has 0 heterocycles. The van der Waals surface area contributed by atoms with Crippen LogP contribution in [0, 0.1) is 0 Å². The summed E-state index contributed by atoms with van der Waals surface area (Å²) in [6.07, 6.45) is 5.51. The van der Waals surface area contributed by atoms with Gasteiger partial charge in [-0.2, -0.15) is 0 Å². The Kier molecular flexibility index (Phi) is 9.84. The van der Waals surface area contributed by atoms with Gasteiger partial charge >= 0.3 is 183 Å². The topological polar surface area (TPSA) is 20.2 Å². The van der Waals surface area contributed by atoms with E-state index in [4.69, 9.17) is 0 Å². The molecule has 1 nitrogen and oxygen atoms in total. The first kappa shape index (κ1) is 25.8. The molecule has 0 saturated heterocycles. The number of allylic oxidation sites excluding steroid dienone is 4. The first-order valence-corrected chi connectivity index (χ1v) is 16.0. The molecule has 0 amide bonds. The Morgan fingerprint density at radius 3 is 2.40 bits per heavy atom. The SMILES string of the molecule is CCC1=C(CCCO)C[C]([Zr+2][c]2cccc3c2Cc2ccccc2-3)=C1[SiH](C)C.[Cl-].[Cl-]. The van der Waals surface area contributed by atoms with Crippen molar-refractivity contribution in [3.05, 3.63) is 73.2 Å². The van der Waals surface area contributed by atoms with E-state index in [2.05, 4.69) is 62.5 Å². The molecule has 4 rings (SSSR count). The summed E-state index contributed by atoms with van der Waals surface area (Å²) in [6, 6.07) is 16.0. The summed E-state index contributed by atoms with van der Waals surface area (Å²) in [5.74, 6) is 0. The van der Waals surface area contributed by atoms with Crippen LogP contribution in [0.25, 0.3) is 11.1 Å². The van der Waals surface area contributed by atoms with Crippen LogP contribution in [-0.4, -0.2) is 20.5 Å². The molecular formula is C25H30Cl2OSiZr. The Labute approximate surface area is 207 Å². The van der Waals surface area contributed by atoms with E-state index in [1.54, 1.807) is 20.0 Å². The molecule has 0 atom stereocenters. The molecule has 158 valence electrons. The molecule has 0 fully saturated rings. The fraction of sp³-hybridized carbons (Fsp3) is 0.360. The number of fused-ring (bicyclic) bond motifs is 3. The molecule has 5 heteroatoms. The van der Waals surface area contributed by atoms with Gasteiger partial charge in [0.2, 0.25) is 0 Å². The smallest absolute Gasteiger partial charge is 1.00 e. The maximum absolute atomic E-state index is 9.34. The predicted octanol–water partition coefficient (Wildman–Crippen LogP) is -0.864. The Morgan fingerprint density at radius 1 is 0.967 bits per heavy atom. The molecule has 2 aromatic carbocycles. The molecule has 0 saturated carbocycles. The van der Waals surface area contributed by atoms with Gasteiger partial charge in [0.15, 0.2) is 0 Å². The van der Waals surface area contributed by atoms with Crippen LogP contribution in [0.15, 0.2) is 62.1 Å². The third-order valence-electron chi connectivity index (χ3n) is 6.17. The van der Waals surface area contributed by atoms with Gasteiger partial charge in [0, 0.05) is 0 Å². The zero-order valence-corrected chi connectivity index (χ0v) is 23.2. The second-order valence-corrected chi connectivity index (χ2v) is 14.6. The minimum atomic E-state index is -0.849. The molecule has 0 bridgehead atoms. The number of aliphatic hydroxyl groups excluding tert-OH is 1. The van der Waals surface area contributed by atoms with Crippen LogP contribution in [0.1, 0.15) is 43.7 Å². The van der Waals surface area contributed by atoms with Crippen LogP contribution >= 0.6 is 0 Å². The molecule has 0 aromatic heterocycles. The maximum Gasteiger partial charge on any atom is -1.00 e. The Balaban J connectivity index is 0.00000160. The zero-order chi connectivity index (χ0) is 19.7. The van der Waals surface area contributed by atoms with Crippen molar-refractivity contribution in [3.8, 4) is 11.1 Å². The van der Waals surface area contributed by atoms with Gasteiger partial charge in [0.1, 0.15) is 0 Å². The van der Waals surface area contributed by atoms with Crippen molar-refractivity contribution >= 4 is 12.1 Å². The van der Waals surface area contributed by atoms with E-state index in [0.29, 0.717) is 6.61 Å². The van der Waals surface area contributed by atoms with Crippen molar-refractivity contribution in [1.82, 2.24) is 0 Å². The summed E-state index contributed by atoms with van der Waals surface area (Å²) >= 11 is -0.794. The van der Waals surface area contributed by atoms with Crippen molar-refractivity contribution < 1.29 is 53.2 Å². The Bertz CT molecular complexity index is 965. The second kappa shape index (κ2) is 11.4. The van der Waals surface area contributed by atoms with E-state index in [-0.39, 0.29) is 24.8 Å². The van der Waals surface area contributed by atoms with Crippen LogP contribution in [0.3, 0.4) is 0 Å². The number of hydrogen-bond donors (Lipinski definition) is 1. The van der Waals surface area contributed by atoms with Gasteiger partial charge in [-0.25, -0.2) is 0 Å². The zero-order valence-electron chi connectivity index (χ0n) is 18.1. The first-order chi connectivity index (χ1) is 13.6. The minimum Gasteiger partial charge on any atom is -1.00 e. The van der Waals surface area contributed by atoms with Gasteiger partial charge < -0.3 is 24.8 Å². The van der Waals surface area contributed by atoms with E-state index >= 15 is 0 Å². The monoisotopic (exact) mass is 534 g/mol. The van der Waals surface area contributed by atoms with E-state index < -0.39 is 32.0 Å². The molecule has 1 N–H and O–H groups in total. The van der Waals surface area contributed by atoms with Gasteiger partial charge in [-0.3, -0.25) is 0 Å². The van der Waals surface area contributed by atoms with Crippen molar-refractivity contribution in [2.24, 2.45) is 0 Å². The molecule has 2 aliphatic rings. The van der Waals surface area contributed by atoms with Crippen molar-refractivity contribution in [2.75, 3.05) is 6.61 Å². The molecule has 0 radical (unpaired) electrons. The molecule has 0 aliphatic heterocycles. The van der Waals surface area contributed by atoms with Crippen LogP contribution in [0.5, 0.6) is 0 Å². The first-order valence-electron chi connectivity index (χ1n) is 10.7. The molecule has 2 aromatic rings. The van der Waals surface area contributed by atoms with Gasteiger partial charge in [-0.15, -0.1) is 0 Å². The van der Waals surface area contributed by atoms with Gasteiger partial charge in [-0.05, 0) is 0 Å². The van der Waals surface area contributed by atoms with Gasteiger partial charge in [0.05, 0.1) is 0 Å². The number of hydrogen-bond acceptors (Lipinski definition) is 1. The Morgan fingerprint density at radius 2 is 1.70 bits per heavy atom. The van der Waals surface area contributed by atoms with Gasteiger partial charge in [-0.1, -0.05) is 0 Å². The minimum absolute atomic E-state index is 0. The standard InChI is InChI=1S/C13H9.C12H21OSi.2ClH.Zr/c1-3-7-12-10(5-1)9-11-6-2-4-8-13(11)12;1-4-11-10(6-5-9-13)7-8-12(11)14(2)3;;;/h1-5,7-8H,9H2;13-14H,4-7,9H2,1-3H3;2*1H;/q;;;;+2/p-2. The van der Waals surface area contributed by atoms with Gasteiger partial charge in [0.25, 0.3) is 0 Å². The average molecular weight is 537 g/mol. The number of benzene rings is 2. The maximum atomic E-state index is 9.34. The summed E-state index contributed by atoms with van der Waals surface area (Å²) in [5.41, 5.74) is 9.39. The average Bonchev–Trinajstić information content (AvgIpc) is 3.25. The van der Waals surface area contributed by atoms with Crippen LogP contribution in [0.4, 0.5) is 0 Å². The largest absolute Gasteiger partial charge is 1.00 e. The van der Waals surface area contributed by atoms with Crippen molar-refractivity contribution in [1.29, 1.82) is 0 Å². The van der Waals surface area contributed by atoms with Crippen LogP contribution in [0.2, 0.25) is 13.1 Å². The number of halogens is 2. The normalized spacial score (nSPS) is 14.3. The molecule has 30 heavy (non-hydrogen) atoms. The third-order valence-corrected chi connectivity index (χ3v) is 12.4. The van der Waals surface area contributed by atoms with E-state index in [1.165, 1.54) is 29.5 Å².